The van der Waals surface area contributed by atoms with Crippen LogP contribution in [0.25, 0.3) is 11.3 Å². The lowest BCUT2D eigenvalue weighted by molar-refractivity contribution is 0.582. The lowest BCUT2D eigenvalue weighted by atomic mass is 10.1. The minimum absolute atomic E-state index is 0.790. The van der Waals surface area contributed by atoms with E-state index in [2.05, 4.69) is 22.7 Å². The van der Waals surface area contributed by atoms with Gasteiger partial charge in [-0.3, -0.25) is 0 Å². The number of unbranched alkanes of at least 4 members (excludes halogenated alkanes) is 3. The largest absolute Gasteiger partial charge is 0.399 e. The first-order chi connectivity index (χ1) is 8.79. The highest BCUT2D eigenvalue weighted by atomic mass is 15.0. The molecule has 0 spiro atoms. The second kappa shape index (κ2) is 6.24. The van der Waals surface area contributed by atoms with Crippen LogP contribution in [-0.4, -0.2) is 9.55 Å². The van der Waals surface area contributed by atoms with Gasteiger partial charge in [-0.15, -0.1) is 0 Å². The van der Waals surface area contributed by atoms with Crippen LogP contribution in [0.4, 0.5) is 5.69 Å². The molecule has 0 fully saturated rings. The van der Waals surface area contributed by atoms with Crippen molar-refractivity contribution in [1.82, 2.24) is 9.55 Å². The number of benzene rings is 1. The third-order valence-corrected chi connectivity index (χ3v) is 3.11. The maximum Gasteiger partial charge on any atom is 0.0953 e. The van der Waals surface area contributed by atoms with Gasteiger partial charge in [-0.1, -0.05) is 38.3 Å². The summed E-state index contributed by atoms with van der Waals surface area (Å²) in [6.45, 7) is 3.29. The van der Waals surface area contributed by atoms with Crippen LogP contribution in [0.1, 0.15) is 32.6 Å². The van der Waals surface area contributed by atoms with Gasteiger partial charge in [0.05, 0.1) is 12.0 Å². The molecule has 0 saturated heterocycles. The molecule has 1 aromatic heterocycles. The molecular formula is C15H21N3. The molecule has 0 amide bonds. The molecule has 0 aliphatic rings. The molecule has 2 aromatic rings. The Morgan fingerprint density at radius 3 is 2.61 bits per heavy atom. The van der Waals surface area contributed by atoms with Gasteiger partial charge >= 0.3 is 0 Å². The number of aromatic nitrogens is 2. The molecule has 0 aliphatic heterocycles. The van der Waals surface area contributed by atoms with E-state index in [1.807, 2.05) is 30.6 Å². The van der Waals surface area contributed by atoms with Crippen molar-refractivity contribution in [3.63, 3.8) is 0 Å². The number of hydrogen-bond donors (Lipinski definition) is 1. The monoisotopic (exact) mass is 243 g/mol. The van der Waals surface area contributed by atoms with E-state index in [-0.39, 0.29) is 0 Å². The SMILES string of the molecule is CCCCCCn1cnc(-c2ccc(N)cc2)c1. The van der Waals surface area contributed by atoms with Crippen molar-refractivity contribution in [2.75, 3.05) is 5.73 Å². The molecule has 0 unspecified atom stereocenters. The summed E-state index contributed by atoms with van der Waals surface area (Å²) in [7, 11) is 0. The Hall–Kier alpha value is -1.77. The zero-order valence-electron chi connectivity index (χ0n) is 11.0. The van der Waals surface area contributed by atoms with E-state index in [1.54, 1.807) is 0 Å². The van der Waals surface area contributed by atoms with Gasteiger partial charge in [0.2, 0.25) is 0 Å². The minimum atomic E-state index is 0.790. The van der Waals surface area contributed by atoms with Crippen molar-refractivity contribution in [3.8, 4) is 11.3 Å². The van der Waals surface area contributed by atoms with Gasteiger partial charge < -0.3 is 10.3 Å². The molecule has 3 nitrogen and oxygen atoms in total. The first-order valence-electron chi connectivity index (χ1n) is 6.67. The molecule has 1 heterocycles. The van der Waals surface area contributed by atoms with E-state index >= 15 is 0 Å². The van der Waals surface area contributed by atoms with Crippen LogP contribution in [0.15, 0.2) is 36.8 Å². The van der Waals surface area contributed by atoms with E-state index < -0.39 is 0 Å². The summed E-state index contributed by atoms with van der Waals surface area (Å²) in [5.74, 6) is 0. The summed E-state index contributed by atoms with van der Waals surface area (Å²) < 4.78 is 2.17. The summed E-state index contributed by atoms with van der Waals surface area (Å²) in [5, 5.41) is 0. The van der Waals surface area contributed by atoms with E-state index in [0.29, 0.717) is 0 Å². The topological polar surface area (TPSA) is 43.8 Å². The normalized spacial score (nSPS) is 10.7. The van der Waals surface area contributed by atoms with Crippen LogP contribution in [0.5, 0.6) is 0 Å². The maximum atomic E-state index is 5.68. The summed E-state index contributed by atoms with van der Waals surface area (Å²) in [6, 6.07) is 7.85. The summed E-state index contributed by atoms with van der Waals surface area (Å²) in [4.78, 5) is 4.44. The molecule has 0 bridgehead atoms. The Labute approximate surface area is 109 Å². The number of nitrogens with two attached hydrogens (primary N) is 1. The highest BCUT2D eigenvalue weighted by Crippen LogP contribution is 2.18. The average molecular weight is 243 g/mol. The van der Waals surface area contributed by atoms with Gasteiger partial charge in [0.1, 0.15) is 0 Å². The number of aryl methyl sites for hydroxylation is 1. The Kier molecular flexibility index (Phi) is 4.40. The molecule has 0 aliphatic carbocycles. The standard InChI is InChI=1S/C15H21N3/c1-2-3-4-5-10-18-11-15(17-12-18)13-6-8-14(16)9-7-13/h6-9,11-12H,2-5,10,16H2,1H3. The summed E-state index contributed by atoms with van der Waals surface area (Å²) in [6.07, 6.45) is 9.15. The van der Waals surface area contributed by atoms with E-state index in [4.69, 9.17) is 5.73 Å². The molecule has 3 heteroatoms. The summed E-state index contributed by atoms with van der Waals surface area (Å²) in [5.41, 5.74) is 8.61. The van der Waals surface area contributed by atoms with Crippen molar-refractivity contribution in [2.45, 2.75) is 39.2 Å². The van der Waals surface area contributed by atoms with Crippen LogP contribution in [0.2, 0.25) is 0 Å². The smallest absolute Gasteiger partial charge is 0.0953 e. The fraction of sp³-hybridized carbons (Fsp3) is 0.400. The average Bonchev–Trinajstić information content (AvgIpc) is 2.84. The van der Waals surface area contributed by atoms with Gasteiger partial charge in [0, 0.05) is 24.0 Å². The molecule has 0 radical (unpaired) electrons. The lowest BCUT2D eigenvalue weighted by Gasteiger charge is -2.01. The Balaban J connectivity index is 1.95. The van der Waals surface area contributed by atoms with E-state index in [9.17, 15) is 0 Å². The fourth-order valence-electron chi connectivity index (χ4n) is 2.01. The molecular weight excluding hydrogens is 222 g/mol. The number of nitrogens with zero attached hydrogens (tertiary/aromatic N) is 2. The predicted octanol–water partition coefficient (Wildman–Crippen LogP) is 3.71. The molecule has 0 atom stereocenters. The fourth-order valence-corrected chi connectivity index (χ4v) is 2.01. The van der Waals surface area contributed by atoms with Crippen molar-refractivity contribution in [2.24, 2.45) is 0 Å². The van der Waals surface area contributed by atoms with Gasteiger partial charge in [-0.05, 0) is 18.6 Å². The Morgan fingerprint density at radius 2 is 1.89 bits per heavy atom. The van der Waals surface area contributed by atoms with Crippen LogP contribution in [0.3, 0.4) is 0 Å². The lowest BCUT2D eigenvalue weighted by Crippen LogP contribution is -1.93. The highest BCUT2D eigenvalue weighted by Gasteiger charge is 2.01. The zero-order valence-corrected chi connectivity index (χ0v) is 11.0. The molecule has 0 saturated carbocycles. The van der Waals surface area contributed by atoms with Crippen molar-refractivity contribution < 1.29 is 0 Å². The number of hydrogen-bond acceptors (Lipinski definition) is 2. The third kappa shape index (κ3) is 3.36. The number of anilines is 1. The zero-order chi connectivity index (χ0) is 12.8. The Bertz CT molecular complexity index is 471. The van der Waals surface area contributed by atoms with Gasteiger partial charge in [0.15, 0.2) is 0 Å². The minimum Gasteiger partial charge on any atom is -0.399 e. The number of nitrogen functional groups attached to an aromatic ring is 1. The number of imidazole rings is 1. The quantitative estimate of drug-likeness (QED) is 0.621. The van der Waals surface area contributed by atoms with Crippen LogP contribution >= 0.6 is 0 Å². The summed E-state index contributed by atoms with van der Waals surface area (Å²) >= 11 is 0. The second-order valence-corrected chi connectivity index (χ2v) is 4.68. The molecule has 2 rings (SSSR count). The van der Waals surface area contributed by atoms with E-state index in [0.717, 1.165) is 23.5 Å². The van der Waals surface area contributed by atoms with Crippen molar-refractivity contribution in [3.05, 3.63) is 36.8 Å². The molecule has 1 aromatic carbocycles. The van der Waals surface area contributed by atoms with Crippen molar-refractivity contribution >= 4 is 5.69 Å². The second-order valence-electron chi connectivity index (χ2n) is 4.68. The third-order valence-electron chi connectivity index (χ3n) is 3.11. The first kappa shape index (κ1) is 12.7. The van der Waals surface area contributed by atoms with E-state index in [1.165, 1.54) is 25.7 Å². The molecule has 2 N–H and O–H groups in total. The Morgan fingerprint density at radius 1 is 1.11 bits per heavy atom. The molecule has 18 heavy (non-hydrogen) atoms. The van der Waals surface area contributed by atoms with Crippen LogP contribution < -0.4 is 5.73 Å². The van der Waals surface area contributed by atoms with Crippen LogP contribution in [-0.2, 0) is 6.54 Å². The first-order valence-corrected chi connectivity index (χ1v) is 6.67. The molecule has 96 valence electrons. The van der Waals surface area contributed by atoms with Crippen molar-refractivity contribution in [1.29, 1.82) is 0 Å². The van der Waals surface area contributed by atoms with Gasteiger partial charge in [0.25, 0.3) is 0 Å². The van der Waals surface area contributed by atoms with Gasteiger partial charge in [-0.25, -0.2) is 4.98 Å². The predicted molar refractivity (Wildman–Crippen MR) is 76.2 cm³/mol. The maximum absolute atomic E-state index is 5.68. The van der Waals surface area contributed by atoms with Crippen LogP contribution in [0, 0.1) is 0 Å². The highest BCUT2D eigenvalue weighted by molar-refractivity contribution is 5.61. The van der Waals surface area contributed by atoms with Gasteiger partial charge in [-0.2, -0.15) is 0 Å². The number of rotatable bonds is 6.